The summed E-state index contributed by atoms with van der Waals surface area (Å²) in [6, 6.07) is 0.352. The molecule has 0 bridgehead atoms. The molecule has 2 aliphatic rings. The van der Waals surface area contributed by atoms with E-state index in [2.05, 4.69) is 22.0 Å². The fourth-order valence-electron chi connectivity index (χ4n) is 4.24. The minimum absolute atomic E-state index is 0.198. The summed E-state index contributed by atoms with van der Waals surface area (Å²) in [5.74, 6) is 1.73. The molecule has 3 atom stereocenters. The number of amides is 1. The van der Waals surface area contributed by atoms with Crippen molar-refractivity contribution in [2.45, 2.75) is 77.4 Å². The van der Waals surface area contributed by atoms with Crippen LogP contribution in [-0.4, -0.2) is 46.7 Å². The van der Waals surface area contributed by atoms with Crippen LogP contribution in [0.1, 0.15) is 70.5 Å². The summed E-state index contributed by atoms with van der Waals surface area (Å²) < 4.78 is 10.8. The number of hydrogen-bond acceptors (Lipinski definition) is 5. The van der Waals surface area contributed by atoms with Crippen LogP contribution in [0.25, 0.3) is 0 Å². The van der Waals surface area contributed by atoms with E-state index >= 15 is 0 Å². The van der Waals surface area contributed by atoms with Gasteiger partial charge in [0.2, 0.25) is 11.8 Å². The van der Waals surface area contributed by atoms with Crippen molar-refractivity contribution in [1.82, 2.24) is 15.0 Å². The van der Waals surface area contributed by atoms with Gasteiger partial charge in [-0.1, -0.05) is 25.9 Å². The van der Waals surface area contributed by atoms with Crippen molar-refractivity contribution in [3.05, 3.63) is 11.7 Å². The zero-order valence-electron chi connectivity index (χ0n) is 15.2. The number of carbonyl (C=O) groups is 1. The van der Waals surface area contributed by atoms with Crippen molar-refractivity contribution < 1.29 is 14.1 Å². The first-order valence-corrected chi connectivity index (χ1v) is 9.07. The van der Waals surface area contributed by atoms with Crippen LogP contribution in [0.3, 0.4) is 0 Å². The molecule has 134 valence electrons. The highest BCUT2D eigenvalue weighted by molar-refractivity contribution is 5.77. The summed E-state index contributed by atoms with van der Waals surface area (Å²) in [7, 11) is 1.79. The number of carbonyl (C=O) groups excluding carboxylic acids is 1. The van der Waals surface area contributed by atoms with E-state index in [-0.39, 0.29) is 17.2 Å². The molecule has 1 saturated carbocycles. The molecule has 0 spiro atoms. The minimum Gasteiger partial charge on any atom is -0.381 e. The standard InChI is InChI=1S/C18H29N3O3/c1-12(2)17-19-15(24-20-17)7-8-16(22)21-10-9-18(3)11-13(23-4)5-6-14(18)21/h12-14H,5-11H2,1-4H3/t13-,14-,18+/m1/s1. The van der Waals surface area contributed by atoms with E-state index in [1.165, 1.54) is 0 Å². The van der Waals surface area contributed by atoms with Crippen molar-refractivity contribution in [1.29, 1.82) is 0 Å². The summed E-state index contributed by atoms with van der Waals surface area (Å²) in [5, 5.41) is 3.96. The molecule has 0 unspecified atom stereocenters. The molecule has 1 saturated heterocycles. The molecule has 2 fully saturated rings. The molecule has 0 aromatic carbocycles. The molecule has 6 heteroatoms. The van der Waals surface area contributed by atoms with Crippen molar-refractivity contribution in [2.75, 3.05) is 13.7 Å². The Morgan fingerprint density at radius 1 is 1.46 bits per heavy atom. The molecule has 0 N–H and O–H groups in total. The highest BCUT2D eigenvalue weighted by atomic mass is 16.5. The van der Waals surface area contributed by atoms with E-state index in [1.54, 1.807) is 7.11 Å². The second kappa shape index (κ2) is 6.82. The molecule has 3 rings (SSSR count). The number of ether oxygens (including phenoxy) is 1. The third kappa shape index (κ3) is 3.34. The molecule has 1 amide bonds. The van der Waals surface area contributed by atoms with Gasteiger partial charge in [-0.2, -0.15) is 4.98 Å². The quantitative estimate of drug-likeness (QED) is 0.827. The van der Waals surface area contributed by atoms with Crippen LogP contribution in [-0.2, 0) is 16.0 Å². The Labute approximate surface area is 143 Å². The second-order valence-corrected chi connectivity index (χ2v) is 7.85. The zero-order valence-corrected chi connectivity index (χ0v) is 15.2. The molecule has 1 aromatic heterocycles. The molecule has 6 nitrogen and oxygen atoms in total. The molecular formula is C18H29N3O3. The SMILES string of the molecule is CO[C@@H]1CC[C@H]2N(C(=O)CCc3nc(C(C)C)no3)CC[C@@]2(C)C1. The number of aryl methyl sites for hydroxylation is 1. The molecule has 1 aliphatic carbocycles. The molecule has 1 aliphatic heterocycles. The van der Waals surface area contributed by atoms with Crippen LogP contribution >= 0.6 is 0 Å². The average Bonchev–Trinajstić information content (AvgIpc) is 3.16. The van der Waals surface area contributed by atoms with Gasteiger partial charge in [0.25, 0.3) is 0 Å². The van der Waals surface area contributed by atoms with E-state index in [9.17, 15) is 4.79 Å². The smallest absolute Gasteiger partial charge is 0.227 e. The van der Waals surface area contributed by atoms with Crippen molar-refractivity contribution in [3.63, 3.8) is 0 Å². The molecule has 2 heterocycles. The second-order valence-electron chi connectivity index (χ2n) is 7.85. The predicted molar refractivity (Wildman–Crippen MR) is 89.6 cm³/mol. The number of likely N-dealkylation sites (tertiary alicyclic amines) is 1. The van der Waals surface area contributed by atoms with Gasteiger partial charge in [-0.25, -0.2) is 0 Å². The first kappa shape index (κ1) is 17.4. The van der Waals surface area contributed by atoms with Crippen LogP contribution < -0.4 is 0 Å². The maximum absolute atomic E-state index is 12.7. The van der Waals surface area contributed by atoms with E-state index < -0.39 is 0 Å². The van der Waals surface area contributed by atoms with Gasteiger partial charge in [0.05, 0.1) is 6.10 Å². The number of methoxy groups -OCH3 is 1. The van der Waals surface area contributed by atoms with E-state index in [0.29, 0.717) is 36.7 Å². The van der Waals surface area contributed by atoms with Gasteiger partial charge in [-0.05, 0) is 31.1 Å². The van der Waals surface area contributed by atoms with E-state index in [1.807, 2.05) is 13.8 Å². The number of aromatic nitrogens is 2. The third-order valence-corrected chi connectivity index (χ3v) is 5.77. The van der Waals surface area contributed by atoms with Gasteiger partial charge in [0, 0.05) is 38.5 Å². The largest absolute Gasteiger partial charge is 0.381 e. The maximum atomic E-state index is 12.7. The Hall–Kier alpha value is -1.43. The van der Waals surface area contributed by atoms with Gasteiger partial charge in [-0.3, -0.25) is 4.79 Å². The number of rotatable bonds is 5. The van der Waals surface area contributed by atoms with E-state index in [0.717, 1.165) is 32.2 Å². The van der Waals surface area contributed by atoms with Gasteiger partial charge < -0.3 is 14.2 Å². The Bertz CT molecular complexity index is 586. The number of fused-ring (bicyclic) bond motifs is 1. The highest BCUT2D eigenvalue weighted by Crippen LogP contribution is 2.47. The lowest BCUT2D eigenvalue weighted by molar-refractivity contribution is -0.134. The van der Waals surface area contributed by atoms with Crippen LogP contribution in [0, 0.1) is 5.41 Å². The van der Waals surface area contributed by atoms with Crippen molar-refractivity contribution in [3.8, 4) is 0 Å². The summed E-state index contributed by atoms with van der Waals surface area (Å²) >= 11 is 0. The fourth-order valence-corrected chi connectivity index (χ4v) is 4.24. The number of hydrogen-bond donors (Lipinski definition) is 0. The highest BCUT2D eigenvalue weighted by Gasteiger charge is 2.49. The van der Waals surface area contributed by atoms with Gasteiger partial charge in [0.15, 0.2) is 5.82 Å². The third-order valence-electron chi connectivity index (χ3n) is 5.77. The van der Waals surface area contributed by atoms with Gasteiger partial charge in [0.1, 0.15) is 0 Å². The molecule has 0 radical (unpaired) electrons. The van der Waals surface area contributed by atoms with E-state index in [4.69, 9.17) is 9.26 Å². The van der Waals surface area contributed by atoms with Crippen LogP contribution in [0.5, 0.6) is 0 Å². The van der Waals surface area contributed by atoms with Gasteiger partial charge in [-0.15, -0.1) is 0 Å². The number of nitrogens with zero attached hydrogens (tertiary/aromatic N) is 3. The lowest BCUT2D eigenvalue weighted by Gasteiger charge is -2.42. The summed E-state index contributed by atoms with van der Waals surface area (Å²) in [5.41, 5.74) is 0.198. The predicted octanol–water partition coefficient (Wildman–Crippen LogP) is 2.93. The molecular weight excluding hydrogens is 306 g/mol. The minimum atomic E-state index is 0.198. The first-order chi connectivity index (χ1) is 11.4. The lowest BCUT2D eigenvalue weighted by Crippen LogP contribution is -2.46. The monoisotopic (exact) mass is 335 g/mol. The van der Waals surface area contributed by atoms with Gasteiger partial charge >= 0.3 is 0 Å². The topological polar surface area (TPSA) is 68.5 Å². The van der Waals surface area contributed by atoms with Crippen molar-refractivity contribution >= 4 is 5.91 Å². The van der Waals surface area contributed by atoms with Crippen LogP contribution in [0.15, 0.2) is 4.52 Å². The fraction of sp³-hybridized carbons (Fsp3) is 0.833. The van der Waals surface area contributed by atoms with Crippen LogP contribution in [0.2, 0.25) is 0 Å². The Morgan fingerprint density at radius 2 is 2.25 bits per heavy atom. The lowest BCUT2D eigenvalue weighted by atomic mass is 9.71. The molecule has 24 heavy (non-hydrogen) atoms. The van der Waals surface area contributed by atoms with Crippen molar-refractivity contribution in [2.24, 2.45) is 5.41 Å². The summed E-state index contributed by atoms with van der Waals surface area (Å²) in [6.45, 7) is 7.23. The Morgan fingerprint density at radius 3 is 2.92 bits per heavy atom. The maximum Gasteiger partial charge on any atom is 0.227 e. The summed E-state index contributed by atoms with van der Waals surface area (Å²) in [6.07, 6.45) is 5.52. The first-order valence-electron chi connectivity index (χ1n) is 9.07. The summed E-state index contributed by atoms with van der Waals surface area (Å²) in [4.78, 5) is 19.2. The normalized spacial score (nSPS) is 30.0. The zero-order chi connectivity index (χ0) is 17.3. The Balaban J connectivity index is 1.57. The Kier molecular flexibility index (Phi) is 4.95. The molecule has 1 aromatic rings. The van der Waals surface area contributed by atoms with Crippen LogP contribution in [0.4, 0.5) is 0 Å². The average molecular weight is 335 g/mol.